The molecule has 320 valence electrons. The maximum Gasteiger partial charge on any atom is 0.262 e. The highest BCUT2D eigenvalue weighted by Gasteiger charge is 2.45. The Morgan fingerprint density at radius 1 is 0.836 bits per heavy atom. The van der Waals surface area contributed by atoms with E-state index in [2.05, 4.69) is 24.9 Å². The van der Waals surface area contributed by atoms with Gasteiger partial charge in [-0.2, -0.15) is 0 Å². The molecule has 16 heteroatoms. The zero-order chi connectivity index (χ0) is 43.1. The van der Waals surface area contributed by atoms with Gasteiger partial charge in [-0.1, -0.05) is 6.07 Å². The van der Waals surface area contributed by atoms with Crippen molar-refractivity contribution in [2.24, 2.45) is 5.92 Å². The van der Waals surface area contributed by atoms with Gasteiger partial charge in [-0.05, 0) is 69.0 Å². The van der Waals surface area contributed by atoms with Crippen LogP contribution in [0.2, 0.25) is 0 Å². The molecule has 0 bridgehead atoms. The van der Waals surface area contributed by atoms with Crippen LogP contribution >= 0.6 is 0 Å². The molecule has 3 aromatic carbocycles. The highest BCUT2D eigenvalue weighted by Crippen LogP contribution is 2.35. The molecule has 1 unspecified atom stereocenters. The summed E-state index contributed by atoms with van der Waals surface area (Å²) < 4.78 is 36.6. The number of piperazine rings is 2. The van der Waals surface area contributed by atoms with Crippen molar-refractivity contribution in [1.82, 2.24) is 20.0 Å². The van der Waals surface area contributed by atoms with Crippen molar-refractivity contribution >= 4 is 52.2 Å². The van der Waals surface area contributed by atoms with Crippen LogP contribution in [0.15, 0.2) is 48.5 Å². The fraction of sp³-hybridized carbons (Fsp3) is 0.467. The van der Waals surface area contributed by atoms with Gasteiger partial charge in [0.15, 0.2) is 5.78 Å². The molecular weight excluding hydrogens is 787 g/mol. The third kappa shape index (κ3) is 8.23. The summed E-state index contributed by atoms with van der Waals surface area (Å²) in [5.41, 5.74) is 2.91. The van der Waals surface area contributed by atoms with Crippen LogP contribution in [0.25, 0.3) is 4.85 Å². The number of carbonyl (C=O) groups is 5. The van der Waals surface area contributed by atoms with E-state index < -0.39 is 41.2 Å². The predicted octanol–water partition coefficient (Wildman–Crippen LogP) is 4.28. The van der Waals surface area contributed by atoms with E-state index in [1.807, 2.05) is 36.9 Å². The number of fused-ring (bicyclic) bond motifs is 1. The van der Waals surface area contributed by atoms with Crippen molar-refractivity contribution in [2.75, 3.05) is 87.3 Å². The Bertz CT molecular complexity index is 2300. The maximum atomic E-state index is 15.6. The lowest BCUT2D eigenvalue weighted by atomic mass is 9.95. The summed E-state index contributed by atoms with van der Waals surface area (Å²) in [6.45, 7) is 17.3. The van der Waals surface area contributed by atoms with Crippen molar-refractivity contribution in [3.8, 4) is 5.75 Å². The zero-order valence-electron chi connectivity index (χ0n) is 34.7. The number of hydrogen-bond donors (Lipinski definition) is 1. The van der Waals surface area contributed by atoms with Crippen molar-refractivity contribution in [3.05, 3.63) is 88.3 Å². The number of methoxy groups -OCH3 is 1. The number of carbonyl (C=O) groups excluding carboxylic acids is 5. The fourth-order valence-corrected chi connectivity index (χ4v) is 9.53. The summed E-state index contributed by atoms with van der Waals surface area (Å²) in [6.07, 6.45) is 1.05. The van der Waals surface area contributed by atoms with Crippen LogP contribution in [0.5, 0.6) is 5.75 Å². The van der Waals surface area contributed by atoms with E-state index in [1.165, 1.54) is 19.2 Å². The Morgan fingerprint density at radius 2 is 1.56 bits per heavy atom. The smallest absolute Gasteiger partial charge is 0.262 e. The molecule has 4 amide bonds. The summed E-state index contributed by atoms with van der Waals surface area (Å²) in [5.74, 6) is -2.42. The number of ether oxygens (including phenoxy) is 1. The number of halogens is 2. The topological polar surface area (TPSA) is 130 Å². The lowest BCUT2D eigenvalue weighted by molar-refractivity contribution is -0.134. The Kier molecular flexibility index (Phi) is 11.7. The standard InChI is InChI=1S/C45H50F2N8O6/c1-27-25-54(28(2)24-53(27)32-6-8-37(48-3)41(20-32)61-4)43(58)18-30-17-36(47)38(21-35(30)46)52-11-9-29(10-12-52)26-50-13-15-51(16-14-50)31-5-7-33-34(19-31)45(60)55(44(33)59)39-23-49-42(57)22-40(39)56/h5-8,17,19-21,27-29,39H,9-16,18,22-26H2,1-2,4H3,(H,49,57)/t27-,28+,39?/m0/s1. The molecule has 8 rings (SSSR count). The van der Waals surface area contributed by atoms with E-state index in [-0.39, 0.29) is 59.8 Å². The molecule has 4 fully saturated rings. The van der Waals surface area contributed by atoms with Gasteiger partial charge in [0.25, 0.3) is 11.8 Å². The predicted molar refractivity (Wildman–Crippen MR) is 224 cm³/mol. The second-order valence-electron chi connectivity index (χ2n) is 16.8. The van der Waals surface area contributed by atoms with Gasteiger partial charge in [-0.25, -0.2) is 13.6 Å². The van der Waals surface area contributed by atoms with E-state index in [9.17, 15) is 24.0 Å². The molecule has 14 nitrogen and oxygen atoms in total. The maximum absolute atomic E-state index is 15.6. The van der Waals surface area contributed by atoms with E-state index in [1.54, 1.807) is 23.1 Å². The van der Waals surface area contributed by atoms with Crippen molar-refractivity contribution in [1.29, 1.82) is 0 Å². The summed E-state index contributed by atoms with van der Waals surface area (Å²) in [4.78, 5) is 79.0. The first-order valence-corrected chi connectivity index (χ1v) is 21.0. The third-order valence-electron chi connectivity index (χ3n) is 13.0. The van der Waals surface area contributed by atoms with Crippen LogP contribution in [0.4, 0.5) is 31.5 Å². The van der Waals surface area contributed by atoms with Gasteiger partial charge in [0, 0.05) is 101 Å². The van der Waals surface area contributed by atoms with Gasteiger partial charge in [0.2, 0.25) is 17.5 Å². The Hall–Kier alpha value is -6.08. The zero-order valence-corrected chi connectivity index (χ0v) is 34.7. The van der Waals surface area contributed by atoms with Gasteiger partial charge < -0.3 is 29.7 Å². The number of piperidine rings is 2. The molecule has 0 radical (unpaired) electrons. The number of imide groups is 1. The first-order chi connectivity index (χ1) is 29.3. The van der Waals surface area contributed by atoms with Crippen LogP contribution in [0.3, 0.4) is 0 Å². The number of amides is 4. The minimum atomic E-state index is -1.01. The monoisotopic (exact) mass is 836 g/mol. The molecule has 5 heterocycles. The molecule has 1 N–H and O–H groups in total. The molecule has 0 spiro atoms. The first-order valence-electron chi connectivity index (χ1n) is 21.0. The number of Topliss-reactive ketones (excluding diaryl/α,β-unsaturated/α-hetero) is 1. The summed E-state index contributed by atoms with van der Waals surface area (Å²) in [6, 6.07) is 11.8. The quantitative estimate of drug-likeness (QED) is 0.190. The van der Waals surface area contributed by atoms with Crippen molar-refractivity contribution in [2.45, 2.75) is 57.7 Å². The Balaban J connectivity index is 0.808. The van der Waals surface area contributed by atoms with Crippen LogP contribution in [-0.4, -0.2) is 135 Å². The molecular formula is C45H50F2N8O6. The average molecular weight is 837 g/mol. The van der Waals surface area contributed by atoms with E-state index in [0.717, 1.165) is 61.8 Å². The average Bonchev–Trinajstić information content (AvgIpc) is 3.50. The number of nitrogens with zero attached hydrogens (tertiary/aromatic N) is 7. The van der Waals surface area contributed by atoms with Crippen LogP contribution in [0, 0.1) is 24.1 Å². The normalized spacial score (nSPS) is 22.7. The summed E-state index contributed by atoms with van der Waals surface area (Å²) >= 11 is 0. The second kappa shape index (κ2) is 17.1. The lowest BCUT2D eigenvalue weighted by Gasteiger charge is -2.45. The highest BCUT2D eigenvalue weighted by molar-refractivity contribution is 6.24. The number of hydrogen-bond acceptors (Lipinski definition) is 10. The van der Waals surface area contributed by atoms with Gasteiger partial charge in [-0.3, -0.25) is 33.8 Å². The molecule has 0 saturated carbocycles. The van der Waals surface area contributed by atoms with Gasteiger partial charge in [0.05, 0.1) is 43.3 Å². The fourth-order valence-electron chi connectivity index (χ4n) is 9.53. The summed E-state index contributed by atoms with van der Waals surface area (Å²) in [5, 5.41) is 2.58. The molecule has 5 aliphatic heterocycles. The SMILES string of the molecule is [C-]#[N+]c1ccc(N2C[C@@H](C)N(C(=O)Cc3cc(F)c(N4CCC(CN5CCN(c6ccc7c(c6)C(=O)N(C6CNC(=O)CC6=O)C7=O)CC5)CC4)cc3F)C[C@@H]2C)cc1OC. The van der Waals surface area contributed by atoms with Crippen molar-refractivity contribution in [3.63, 3.8) is 0 Å². The number of rotatable bonds is 9. The lowest BCUT2D eigenvalue weighted by Crippen LogP contribution is -2.58. The Morgan fingerprint density at radius 3 is 2.26 bits per heavy atom. The molecule has 3 atom stereocenters. The molecule has 5 aliphatic rings. The van der Waals surface area contributed by atoms with Crippen LogP contribution in [-0.2, 0) is 20.8 Å². The molecule has 0 aliphatic carbocycles. The van der Waals surface area contributed by atoms with Gasteiger partial charge in [-0.15, -0.1) is 0 Å². The van der Waals surface area contributed by atoms with Gasteiger partial charge >= 0.3 is 0 Å². The minimum absolute atomic E-state index is 0.0382. The largest absolute Gasteiger partial charge is 0.508 e. The van der Waals surface area contributed by atoms with Gasteiger partial charge in [0.1, 0.15) is 23.4 Å². The molecule has 4 saturated heterocycles. The molecule has 3 aromatic rings. The number of nitrogens with one attached hydrogen (secondary N) is 1. The number of ketones is 1. The third-order valence-corrected chi connectivity index (χ3v) is 13.0. The van der Waals surface area contributed by atoms with Crippen molar-refractivity contribution < 1.29 is 37.5 Å². The van der Waals surface area contributed by atoms with Crippen LogP contribution in [0.1, 0.15) is 59.4 Å². The minimum Gasteiger partial charge on any atom is -0.508 e. The highest BCUT2D eigenvalue weighted by atomic mass is 19.1. The van der Waals surface area contributed by atoms with E-state index in [0.29, 0.717) is 43.5 Å². The van der Waals surface area contributed by atoms with Crippen LogP contribution < -0.4 is 24.8 Å². The number of anilines is 3. The Labute approximate surface area is 353 Å². The number of benzene rings is 3. The molecule has 61 heavy (non-hydrogen) atoms. The first kappa shape index (κ1) is 41.6. The summed E-state index contributed by atoms with van der Waals surface area (Å²) in [7, 11) is 1.53. The second-order valence-corrected chi connectivity index (χ2v) is 16.8. The molecule has 0 aromatic heterocycles. The van der Waals surface area contributed by atoms with E-state index >= 15 is 8.78 Å². The van der Waals surface area contributed by atoms with E-state index in [4.69, 9.17) is 11.3 Å².